The predicted molar refractivity (Wildman–Crippen MR) is 86.4 cm³/mol. The summed E-state index contributed by atoms with van der Waals surface area (Å²) in [5.74, 6) is 2.67. The summed E-state index contributed by atoms with van der Waals surface area (Å²) in [6.07, 6.45) is 0.842. The Morgan fingerprint density at radius 2 is 1.70 bits per heavy atom. The normalized spacial score (nSPS) is 11.8. The number of hydrogen-bond acceptors (Lipinski definition) is 5. The maximum atomic E-state index is 4.54. The van der Waals surface area contributed by atoms with Gasteiger partial charge >= 0.3 is 0 Å². The van der Waals surface area contributed by atoms with Crippen LogP contribution in [0.4, 0.5) is 11.6 Å². The molecule has 0 aromatic carbocycles. The van der Waals surface area contributed by atoms with Crippen LogP contribution in [-0.4, -0.2) is 48.6 Å². The van der Waals surface area contributed by atoms with Crippen molar-refractivity contribution in [2.24, 2.45) is 5.41 Å². The lowest BCUT2D eigenvalue weighted by Gasteiger charge is -2.28. The molecule has 0 amide bonds. The van der Waals surface area contributed by atoms with E-state index in [9.17, 15) is 0 Å². The van der Waals surface area contributed by atoms with Gasteiger partial charge in [0.25, 0.3) is 0 Å². The molecule has 1 heterocycles. The molecule has 5 heteroatoms. The number of aromatic nitrogens is 2. The summed E-state index contributed by atoms with van der Waals surface area (Å²) in [6, 6.07) is 1.98. The Morgan fingerprint density at radius 3 is 2.20 bits per heavy atom. The molecule has 0 spiro atoms. The van der Waals surface area contributed by atoms with Crippen LogP contribution in [0, 0.1) is 5.41 Å². The van der Waals surface area contributed by atoms with Gasteiger partial charge in [0.1, 0.15) is 17.5 Å². The smallest absolute Gasteiger partial charge is 0.132 e. The Bertz CT molecular complexity index is 415. The Balaban J connectivity index is 2.73. The number of rotatable bonds is 8. The van der Waals surface area contributed by atoms with Crippen LogP contribution in [-0.2, 0) is 6.42 Å². The topological polar surface area (TPSA) is 53.1 Å². The van der Waals surface area contributed by atoms with E-state index in [1.807, 2.05) is 6.07 Å². The minimum atomic E-state index is 0.194. The van der Waals surface area contributed by atoms with Gasteiger partial charge in [-0.1, -0.05) is 20.8 Å². The first-order valence-electron chi connectivity index (χ1n) is 7.36. The second-order valence-electron chi connectivity index (χ2n) is 6.19. The summed E-state index contributed by atoms with van der Waals surface area (Å²) in [5.41, 5.74) is 0.194. The van der Waals surface area contributed by atoms with E-state index in [2.05, 4.69) is 67.3 Å². The maximum absolute atomic E-state index is 4.54. The first kappa shape index (κ1) is 16.7. The number of anilines is 2. The average Bonchev–Trinajstić information content (AvgIpc) is 2.35. The first-order chi connectivity index (χ1) is 9.36. The lowest BCUT2D eigenvalue weighted by Crippen LogP contribution is -2.34. The summed E-state index contributed by atoms with van der Waals surface area (Å²) < 4.78 is 0. The van der Waals surface area contributed by atoms with Gasteiger partial charge in [-0.15, -0.1) is 0 Å². The Hall–Kier alpha value is -1.36. The second kappa shape index (κ2) is 7.43. The van der Waals surface area contributed by atoms with Gasteiger partial charge in [-0.25, -0.2) is 9.97 Å². The Labute approximate surface area is 123 Å². The molecular weight excluding hydrogens is 250 g/mol. The van der Waals surface area contributed by atoms with Crippen LogP contribution >= 0.6 is 0 Å². The van der Waals surface area contributed by atoms with Crippen LogP contribution in [0.25, 0.3) is 0 Å². The summed E-state index contributed by atoms with van der Waals surface area (Å²) in [6.45, 7) is 11.4. The second-order valence-corrected chi connectivity index (χ2v) is 6.19. The van der Waals surface area contributed by atoms with Crippen molar-refractivity contribution >= 4 is 11.6 Å². The number of nitrogens with zero attached hydrogens (tertiary/aromatic N) is 3. The highest BCUT2D eigenvalue weighted by Crippen LogP contribution is 2.18. The van der Waals surface area contributed by atoms with Crippen molar-refractivity contribution in [2.75, 3.05) is 44.4 Å². The van der Waals surface area contributed by atoms with E-state index in [-0.39, 0.29) is 5.41 Å². The largest absolute Gasteiger partial charge is 0.370 e. The fourth-order valence-corrected chi connectivity index (χ4v) is 2.26. The van der Waals surface area contributed by atoms with Crippen molar-refractivity contribution in [2.45, 2.75) is 34.1 Å². The highest BCUT2D eigenvalue weighted by atomic mass is 15.1. The van der Waals surface area contributed by atoms with Gasteiger partial charge in [-0.3, -0.25) is 0 Å². The van der Waals surface area contributed by atoms with E-state index >= 15 is 0 Å². The van der Waals surface area contributed by atoms with E-state index in [1.165, 1.54) is 0 Å². The fraction of sp³-hybridized carbons (Fsp3) is 0.733. The third-order valence-electron chi connectivity index (χ3n) is 2.94. The van der Waals surface area contributed by atoms with Gasteiger partial charge in [0, 0.05) is 32.1 Å². The lowest BCUT2D eigenvalue weighted by atomic mass is 9.93. The van der Waals surface area contributed by atoms with E-state index in [1.54, 1.807) is 0 Å². The van der Waals surface area contributed by atoms with Crippen molar-refractivity contribution in [1.29, 1.82) is 0 Å². The minimum absolute atomic E-state index is 0.194. The minimum Gasteiger partial charge on any atom is -0.370 e. The van der Waals surface area contributed by atoms with E-state index in [0.29, 0.717) is 0 Å². The van der Waals surface area contributed by atoms with E-state index in [0.717, 1.165) is 43.5 Å². The molecule has 5 nitrogen and oxygen atoms in total. The van der Waals surface area contributed by atoms with Gasteiger partial charge < -0.3 is 15.5 Å². The van der Waals surface area contributed by atoms with Gasteiger partial charge in [-0.2, -0.15) is 0 Å². The predicted octanol–water partition coefficient (Wildman–Crippen LogP) is 2.47. The zero-order valence-corrected chi connectivity index (χ0v) is 13.7. The zero-order chi connectivity index (χ0) is 15.2. The fourth-order valence-electron chi connectivity index (χ4n) is 2.26. The summed E-state index contributed by atoms with van der Waals surface area (Å²) in [4.78, 5) is 11.2. The average molecular weight is 279 g/mol. The molecule has 2 N–H and O–H groups in total. The molecule has 0 saturated carbocycles. The van der Waals surface area contributed by atoms with Crippen molar-refractivity contribution in [1.82, 2.24) is 14.9 Å². The molecule has 114 valence electrons. The van der Waals surface area contributed by atoms with Gasteiger partial charge in [-0.05, 0) is 26.4 Å². The molecule has 0 bridgehead atoms. The van der Waals surface area contributed by atoms with Gasteiger partial charge in [0.2, 0.25) is 0 Å². The molecule has 0 radical (unpaired) electrons. The summed E-state index contributed by atoms with van der Waals surface area (Å²) in [7, 11) is 4.20. The summed E-state index contributed by atoms with van der Waals surface area (Å²) >= 11 is 0. The highest BCUT2D eigenvalue weighted by molar-refractivity contribution is 5.47. The number of hydrogen-bond donors (Lipinski definition) is 2. The van der Waals surface area contributed by atoms with Crippen LogP contribution in [0.15, 0.2) is 6.07 Å². The van der Waals surface area contributed by atoms with Gasteiger partial charge in [0.15, 0.2) is 0 Å². The molecule has 0 aliphatic carbocycles. The third-order valence-corrected chi connectivity index (χ3v) is 2.94. The van der Waals surface area contributed by atoms with Crippen molar-refractivity contribution in [3.05, 3.63) is 11.9 Å². The summed E-state index contributed by atoms with van der Waals surface area (Å²) in [5, 5.41) is 6.70. The molecule has 0 aliphatic rings. The number of nitrogens with one attached hydrogen (secondary N) is 2. The molecule has 1 aromatic heterocycles. The molecule has 0 fully saturated rings. The van der Waals surface area contributed by atoms with E-state index in [4.69, 9.17) is 0 Å². The van der Waals surface area contributed by atoms with Crippen LogP contribution in [0.5, 0.6) is 0 Å². The molecule has 0 atom stereocenters. The SMILES string of the molecule is CCNc1cc(NCC(C)(C)CN(C)C)nc(CC)n1. The molecule has 0 unspecified atom stereocenters. The third kappa shape index (κ3) is 5.74. The highest BCUT2D eigenvalue weighted by Gasteiger charge is 2.19. The molecular formula is C15H29N5. The Kier molecular flexibility index (Phi) is 6.20. The Morgan fingerprint density at radius 1 is 1.10 bits per heavy atom. The monoisotopic (exact) mass is 279 g/mol. The van der Waals surface area contributed by atoms with Crippen LogP contribution in [0.3, 0.4) is 0 Å². The maximum Gasteiger partial charge on any atom is 0.132 e. The van der Waals surface area contributed by atoms with Crippen LogP contribution in [0.1, 0.15) is 33.5 Å². The zero-order valence-electron chi connectivity index (χ0n) is 13.7. The van der Waals surface area contributed by atoms with E-state index < -0.39 is 0 Å². The molecule has 1 aromatic rings. The molecule has 0 aliphatic heterocycles. The van der Waals surface area contributed by atoms with Crippen LogP contribution < -0.4 is 10.6 Å². The van der Waals surface area contributed by atoms with Crippen molar-refractivity contribution in [3.63, 3.8) is 0 Å². The van der Waals surface area contributed by atoms with Crippen molar-refractivity contribution in [3.8, 4) is 0 Å². The quantitative estimate of drug-likeness (QED) is 0.765. The van der Waals surface area contributed by atoms with Crippen molar-refractivity contribution < 1.29 is 0 Å². The molecule has 1 rings (SSSR count). The standard InChI is InChI=1S/C15H29N5/c1-7-12-18-13(16-8-2)9-14(19-12)17-10-15(3,4)11-20(5)6/h9H,7-8,10-11H2,1-6H3,(H2,16,17,18,19). The first-order valence-corrected chi connectivity index (χ1v) is 7.36. The number of aryl methyl sites for hydroxylation is 1. The van der Waals surface area contributed by atoms with Gasteiger partial charge in [0.05, 0.1) is 0 Å². The van der Waals surface area contributed by atoms with Crippen LogP contribution in [0.2, 0.25) is 0 Å². The molecule has 20 heavy (non-hydrogen) atoms. The lowest BCUT2D eigenvalue weighted by molar-refractivity contribution is 0.254. The molecule has 0 saturated heterocycles.